The first-order chi connectivity index (χ1) is 7.41. The average Bonchev–Trinajstić information content (AvgIpc) is 2.20. The van der Waals surface area contributed by atoms with E-state index in [-0.39, 0.29) is 10.6 Å². The number of halogens is 1. The van der Waals surface area contributed by atoms with Gasteiger partial charge < -0.3 is 0 Å². The lowest BCUT2D eigenvalue weighted by Crippen LogP contribution is -2.05. The van der Waals surface area contributed by atoms with E-state index in [1.54, 1.807) is 23.9 Å². The first kappa shape index (κ1) is 13.5. The fraction of sp³-hybridized carbons (Fsp3) is 0.455. The molecule has 0 amide bonds. The number of hydrogen-bond acceptors (Lipinski definition) is 3. The summed E-state index contributed by atoms with van der Waals surface area (Å²) < 4.78 is 0.737. The number of nitro groups is 1. The largest absolute Gasteiger partial charge is 0.284 e. The lowest BCUT2D eigenvalue weighted by Gasteiger charge is -2.14. The third-order valence-electron chi connectivity index (χ3n) is 2.37. The van der Waals surface area contributed by atoms with Crippen molar-refractivity contribution >= 4 is 33.4 Å². The van der Waals surface area contributed by atoms with Crippen molar-refractivity contribution in [1.82, 2.24) is 0 Å². The Morgan fingerprint density at radius 3 is 2.50 bits per heavy atom. The second kappa shape index (κ2) is 5.68. The van der Waals surface area contributed by atoms with E-state index in [2.05, 4.69) is 36.7 Å². The van der Waals surface area contributed by atoms with E-state index < -0.39 is 0 Å². The van der Waals surface area contributed by atoms with E-state index in [1.807, 2.05) is 6.07 Å². The highest BCUT2D eigenvalue weighted by atomic mass is 79.9. The summed E-state index contributed by atoms with van der Waals surface area (Å²) in [5, 5.41) is 11.3. The molecule has 0 aliphatic heterocycles. The van der Waals surface area contributed by atoms with E-state index in [0.29, 0.717) is 11.2 Å². The minimum absolute atomic E-state index is 0.173. The minimum atomic E-state index is -0.333. The van der Waals surface area contributed by atoms with Gasteiger partial charge in [-0.25, -0.2) is 0 Å². The van der Waals surface area contributed by atoms with Crippen molar-refractivity contribution in [3.05, 3.63) is 32.8 Å². The van der Waals surface area contributed by atoms with Crippen LogP contribution >= 0.6 is 27.7 Å². The highest BCUT2D eigenvalue weighted by molar-refractivity contribution is 9.10. The van der Waals surface area contributed by atoms with E-state index >= 15 is 0 Å². The average molecular weight is 304 g/mol. The smallest absolute Gasteiger partial charge is 0.258 e. The van der Waals surface area contributed by atoms with Crippen molar-refractivity contribution in [2.75, 3.05) is 0 Å². The molecule has 0 aromatic heterocycles. The maximum atomic E-state index is 10.9. The second-order valence-electron chi connectivity index (χ2n) is 3.94. The van der Waals surface area contributed by atoms with Gasteiger partial charge in [0.05, 0.1) is 9.82 Å². The van der Waals surface area contributed by atoms with Crippen LogP contribution in [0.25, 0.3) is 0 Å². The fourth-order valence-corrected chi connectivity index (χ4v) is 2.49. The molecule has 0 saturated carbocycles. The Kier molecular flexibility index (Phi) is 4.80. The molecule has 1 rings (SSSR count). The molecule has 1 unspecified atom stereocenters. The quantitative estimate of drug-likeness (QED) is 0.467. The van der Waals surface area contributed by atoms with Crippen molar-refractivity contribution in [2.24, 2.45) is 5.92 Å². The first-order valence-electron chi connectivity index (χ1n) is 5.02. The van der Waals surface area contributed by atoms with Gasteiger partial charge in [-0.1, -0.05) is 36.7 Å². The number of nitro benzene ring substituents is 1. The summed E-state index contributed by atoms with van der Waals surface area (Å²) in [5.74, 6) is 0.494. The summed E-state index contributed by atoms with van der Waals surface area (Å²) in [5.41, 5.74) is 0.173. The summed E-state index contributed by atoms with van der Waals surface area (Å²) in [6.07, 6.45) is 0. The van der Waals surface area contributed by atoms with Gasteiger partial charge in [-0.2, -0.15) is 0 Å². The zero-order chi connectivity index (χ0) is 12.3. The van der Waals surface area contributed by atoms with Gasteiger partial charge in [0, 0.05) is 15.8 Å². The third kappa shape index (κ3) is 3.49. The molecule has 0 heterocycles. The van der Waals surface area contributed by atoms with Crippen molar-refractivity contribution in [2.45, 2.75) is 30.9 Å². The Bertz CT molecular complexity index is 396. The Morgan fingerprint density at radius 2 is 2.00 bits per heavy atom. The minimum Gasteiger partial charge on any atom is -0.258 e. The standard InChI is InChI=1S/C11H14BrNO2S/c1-7(2)8(3)16-11-5-4-9(12)6-10(11)13(14)15/h4-8H,1-3H3. The molecular formula is C11H14BrNO2S. The zero-order valence-electron chi connectivity index (χ0n) is 9.44. The molecule has 3 nitrogen and oxygen atoms in total. The molecule has 88 valence electrons. The van der Waals surface area contributed by atoms with Gasteiger partial charge in [0.2, 0.25) is 0 Å². The van der Waals surface area contributed by atoms with Crippen molar-refractivity contribution in [3.63, 3.8) is 0 Å². The SMILES string of the molecule is CC(C)C(C)Sc1ccc(Br)cc1[N+](=O)[O-]. The van der Waals surface area contributed by atoms with Gasteiger partial charge in [0.25, 0.3) is 5.69 Å². The number of hydrogen-bond donors (Lipinski definition) is 0. The van der Waals surface area contributed by atoms with Crippen molar-refractivity contribution in [3.8, 4) is 0 Å². The summed E-state index contributed by atoms with van der Waals surface area (Å²) in [6, 6.07) is 5.18. The van der Waals surface area contributed by atoms with Crippen molar-refractivity contribution in [1.29, 1.82) is 0 Å². The maximum Gasteiger partial charge on any atom is 0.284 e. The van der Waals surface area contributed by atoms with Gasteiger partial charge in [-0.15, -0.1) is 11.8 Å². The number of benzene rings is 1. The Labute approximate surface area is 108 Å². The van der Waals surface area contributed by atoms with E-state index in [0.717, 1.165) is 9.37 Å². The van der Waals surface area contributed by atoms with Gasteiger partial charge in [0.1, 0.15) is 0 Å². The molecule has 1 aromatic rings. The van der Waals surface area contributed by atoms with Crippen LogP contribution in [0.2, 0.25) is 0 Å². The summed E-state index contributed by atoms with van der Waals surface area (Å²) in [4.78, 5) is 11.3. The monoisotopic (exact) mass is 303 g/mol. The van der Waals surface area contributed by atoms with Gasteiger partial charge >= 0.3 is 0 Å². The molecule has 0 N–H and O–H groups in total. The van der Waals surface area contributed by atoms with Crippen LogP contribution in [0.1, 0.15) is 20.8 Å². The van der Waals surface area contributed by atoms with Crippen LogP contribution in [-0.2, 0) is 0 Å². The topological polar surface area (TPSA) is 43.1 Å². The van der Waals surface area contributed by atoms with Crippen LogP contribution in [0.4, 0.5) is 5.69 Å². The number of nitrogens with zero attached hydrogens (tertiary/aromatic N) is 1. The summed E-state index contributed by atoms with van der Waals surface area (Å²) in [7, 11) is 0. The molecule has 0 radical (unpaired) electrons. The molecule has 0 fully saturated rings. The zero-order valence-corrected chi connectivity index (χ0v) is 11.8. The van der Waals surface area contributed by atoms with Gasteiger partial charge in [-0.3, -0.25) is 10.1 Å². The molecule has 1 aromatic carbocycles. The van der Waals surface area contributed by atoms with Crippen molar-refractivity contribution < 1.29 is 4.92 Å². The first-order valence-corrected chi connectivity index (χ1v) is 6.69. The molecule has 0 spiro atoms. The Hall–Kier alpha value is -0.550. The Balaban J connectivity index is 2.99. The predicted octanol–water partition coefficient (Wildman–Crippen LogP) is 4.49. The molecule has 0 aliphatic rings. The number of thioether (sulfide) groups is 1. The maximum absolute atomic E-state index is 10.9. The fourth-order valence-electron chi connectivity index (χ4n) is 1.07. The summed E-state index contributed by atoms with van der Waals surface area (Å²) in [6.45, 7) is 6.31. The highest BCUT2D eigenvalue weighted by Gasteiger charge is 2.18. The predicted molar refractivity (Wildman–Crippen MR) is 71.0 cm³/mol. The second-order valence-corrected chi connectivity index (χ2v) is 6.27. The van der Waals surface area contributed by atoms with Gasteiger partial charge in [0.15, 0.2) is 0 Å². The normalized spacial score (nSPS) is 12.8. The van der Waals surface area contributed by atoms with Crippen LogP contribution in [0.5, 0.6) is 0 Å². The molecule has 0 bridgehead atoms. The molecule has 0 aliphatic carbocycles. The molecule has 0 saturated heterocycles. The van der Waals surface area contributed by atoms with E-state index in [1.165, 1.54) is 0 Å². The lowest BCUT2D eigenvalue weighted by atomic mass is 10.2. The van der Waals surface area contributed by atoms with Crippen LogP contribution in [0.15, 0.2) is 27.6 Å². The Morgan fingerprint density at radius 1 is 1.38 bits per heavy atom. The van der Waals surface area contributed by atoms with Crippen LogP contribution in [-0.4, -0.2) is 10.2 Å². The number of rotatable bonds is 4. The molecule has 16 heavy (non-hydrogen) atoms. The van der Waals surface area contributed by atoms with Crippen LogP contribution < -0.4 is 0 Å². The molecule has 1 atom stereocenters. The molecule has 5 heteroatoms. The summed E-state index contributed by atoms with van der Waals surface area (Å²) >= 11 is 4.80. The highest BCUT2D eigenvalue weighted by Crippen LogP contribution is 2.36. The van der Waals surface area contributed by atoms with Gasteiger partial charge in [-0.05, 0) is 18.1 Å². The van der Waals surface area contributed by atoms with E-state index in [9.17, 15) is 10.1 Å². The molecular weight excluding hydrogens is 290 g/mol. The van der Waals surface area contributed by atoms with Crippen LogP contribution in [0.3, 0.4) is 0 Å². The van der Waals surface area contributed by atoms with E-state index in [4.69, 9.17) is 0 Å². The third-order valence-corrected chi connectivity index (χ3v) is 4.38. The van der Waals surface area contributed by atoms with Crippen LogP contribution in [0, 0.1) is 16.0 Å². The lowest BCUT2D eigenvalue weighted by molar-refractivity contribution is -0.387.